The van der Waals surface area contributed by atoms with Crippen molar-refractivity contribution in [3.05, 3.63) is 59.4 Å². The predicted octanol–water partition coefficient (Wildman–Crippen LogP) is 4.62. The minimum absolute atomic E-state index is 0.293. The molecule has 0 unspecified atom stereocenters. The van der Waals surface area contributed by atoms with Gasteiger partial charge in [0.1, 0.15) is 5.82 Å². The Labute approximate surface area is 167 Å². The maximum Gasteiger partial charge on any atom is 0.200 e. The number of anilines is 1. The molecule has 0 radical (unpaired) electrons. The van der Waals surface area contributed by atoms with Crippen LogP contribution in [0.1, 0.15) is 0 Å². The van der Waals surface area contributed by atoms with E-state index >= 15 is 0 Å². The first kappa shape index (κ1) is 17.9. The van der Waals surface area contributed by atoms with Crippen LogP contribution in [0, 0.1) is 4.77 Å². The second-order valence-corrected chi connectivity index (χ2v) is 6.53. The van der Waals surface area contributed by atoms with Gasteiger partial charge < -0.3 is 20.2 Å². The molecular formula is C21H18N4O2S. The highest BCUT2D eigenvalue weighted by Gasteiger charge is 2.15. The SMILES string of the molecule is COc1ccc(-c2cc(-c3ccccc3)c3c(N)[nH]c(=S)nc3n2)cc1OC. The summed E-state index contributed by atoms with van der Waals surface area (Å²) in [7, 11) is 3.21. The Morgan fingerprint density at radius 3 is 2.36 bits per heavy atom. The Balaban J connectivity index is 2.02. The molecule has 0 aliphatic carbocycles. The van der Waals surface area contributed by atoms with Crippen LogP contribution in [0.2, 0.25) is 0 Å². The zero-order chi connectivity index (χ0) is 19.7. The average Bonchev–Trinajstić information content (AvgIpc) is 2.72. The first-order chi connectivity index (χ1) is 13.6. The molecule has 0 aliphatic heterocycles. The lowest BCUT2D eigenvalue weighted by Gasteiger charge is -2.13. The molecule has 0 saturated heterocycles. The number of rotatable bonds is 4. The van der Waals surface area contributed by atoms with Crippen LogP contribution in [0.15, 0.2) is 54.6 Å². The fourth-order valence-electron chi connectivity index (χ4n) is 3.17. The molecule has 28 heavy (non-hydrogen) atoms. The van der Waals surface area contributed by atoms with Crippen molar-refractivity contribution in [3.8, 4) is 33.9 Å². The highest BCUT2D eigenvalue weighted by Crippen LogP contribution is 2.36. The second-order valence-electron chi connectivity index (χ2n) is 6.15. The molecule has 0 atom stereocenters. The molecule has 140 valence electrons. The van der Waals surface area contributed by atoms with Gasteiger partial charge in [0.2, 0.25) is 0 Å². The standard InChI is InChI=1S/C21H18N4O2S/c1-26-16-9-8-13(10-17(16)27-2)15-11-14(12-6-4-3-5-7-12)18-19(22)24-21(28)25-20(18)23-15/h3-11H,1-2H3,(H3,22,23,24,25,28). The van der Waals surface area contributed by atoms with Crippen LogP contribution in [0.5, 0.6) is 11.5 Å². The summed E-state index contributed by atoms with van der Waals surface area (Å²) in [6.45, 7) is 0. The summed E-state index contributed by atoms with van der Waals surface area (Å²) in [5.41, 5.74) is 10.3. The second kappa shape index (κ2) is 7.28. The van der Waals surface area contributed by atoms with Gasteiger partial charge >= 0.3 is 0 Å². The summed E-state index contributed by atoms with van der Waals surface area (Å²) < 4.78 is 11.1. The number of nitrogens with one attached hydrogen (secondary N) is 1. The van der Waals surface area contributed by atoms with Crippen LogP contribution >= 0.6 is 12.2 Å². The molecule has 0 bridgehead atoms. The summed E-state index contributed by atoms with van der Waals surface area (Å²) in [6.07, 6.45) is 0. The van der Waals surface area contributed by atoms with Crippen LogP contribution in [0.3, 0.4) is 0 Å². The molecule has 4 aromatic rings. The minimum atomic E-state index is 0.293. The Bertz CT molecular complexity index is 1220. The smallest absolute Gasteiger partial charge is 0.200 e. The molecule has 0 amide bonds. The molecule has 4 rings (SSSR count). The van der Waals surface area contributed by atoms with Crippen molar-refractivity contribution in [1.82, 2.24) is 15.0 Å². The number of hydrogen-bond donors (Lipinski definition) is 2. The van der Waals surface area contributed by atoms with Gasteiger partial charge in [-0.25, -0.2) is 4.98 Å². The number of nitrogens with two attached hydrogens (primary N) is 1. The third-order valence-electron chi connectivity index (χ3n) is 4.48. The van der Waals surface area contributed by atoms with E-state index in [0.717, 1.165) is 27.8 Å². The lowest BCUT2D eigenvalue weighted by molar-refractivity contribution is 0.355. The highest BCUT2D eigenvalue weighted by atomic mass is 32.1. The van der Waals surface area contributed by atoms with Gasteiger partial charge in [-0.3, -0.25) is 0 Å². The summed E-state index contributed by atoms with van der Waals surface area (Å²) in [5, 5.41) is 0.740. The maximum atomic E-state index is 6.23. The van der Waals surface area contributed by atoms with Crippen molar-refractivity contribution >= 4 is 29.1 Å². The number of methoxy groups -OCH3 is 2. The van der Waals surface area contributed by atoms with Gasteiger partial charge in [0.05, 0.1) is 25.3 Å². The number of ether oxygens (including phenoxy) is 2. The van der Waals surface area contributed by atoms with Crippen LogP contribution in [-0.2, 0) is 0 Å². The van der Waals surface area contributed by atoms with Gasteiger partial charge in [-0.2, -0.15) is 4.98 Å². The molecule has 7 heteroatoms. The Morgan fingerprint density at radius 2 is 1.64 bits per heavy atom. The molecule has 0 fully saturated rings. The first-order valence-electron chi connectivity index (χ1n) is 8.59. The highest BCUT2D eigenvalue weighted by molar-refractivity contribution is 7.71. The van der Waals surface area contributed by atoms with E-state index in [9.17, 15) is 0 Å². The third kappa shape index (κ3) is 3.16. The maximum absolute atomic E-state index is 6.23. The third-order valence-corrected chi connectivity index (χ3v) is 4.68. The van der Waals surface area contributed by atoms with Crippen molar-refractivity contribution in [2.45, 2.75) is 0 Å². The van der Waals surface area contributed by atoms with E-state index in [1.807, 2.05) is 54.6 Å². The van der Waals surface area contributed by atoms with E-state index < -0.39 is 0 Å². The normalized spacial score (nSPS) is 10.8. The number of aromatic nitrogens is 3. The van der Waals surface area contributed by atoms with Crippen LogP contribution < -0.4 is 15.2 Å². The first-order valence-corrected chi connectivity index (χ1v) is 9.00. The Kier molecular flexibility index (Phi) is 4.67. The number of hydrogen-bond acceptors (Lipinski definition) is 6. The van der Waals surface area contributed by atoms with Gasteiger partial charge in [0.15, 0.2) is 21.9 Å². The van der Waals surface area contributed by atoms with Crippen molar-refractivity contribution < 1.29 is 9.47 Å². The van der Waals surface area contributed by atoms with Crippen molar-refractivity contribution in [2.75, 3.05) is 20.0 Å². The fourth-order valence-corrected chi connectivity index (χ4v) is 3.37. The fraction of sp³-hybridized carbons (Fsp3) is 0.0952. The number of nitrogen functional groups attached to an aromatic ring is 1. The van der Waals surface area contributed by atoms with Crippen LogP contribution in [0.4, 0.5) is 5.82 Å². The number of H-pyrrole nitrogens is 1. The number of pyridine rings is 1. The van der Waals surface area contributed by atoms with Gasteiger partial charge in [-0.15, -0.1) is 0 Å². The number of fused-ring (bicyclic) bond motifs is 1. The molecule has 2 aromatic heterocycles. The zero-order valence-electron chi connectivity index (χ0n) is 15.4. The molecule has 0 aliphatic rings. The van der Waals surface area contributed by atoms with Gasteiger partial charge in [-0.05, 0) is 47.6 Å². The monoisotopic (exact) mass is 390 g/mol. The van der Waals surface area contributed by atoms with E-state index in [2.05, 4.69) is 9.97 Å². The van der Waals surface area contributed by atoms with Gasteiger partial charge in [0.25, 0.3) is 0 Å². The molecule has 2 aromatic carbocycles. The summed E-state index contributed by atoms with van der Waals surface area (Å²) in [4.78, 5) is 12.0. The largest absolute Gasteiger partial charge is 0.493 e. The van der Waals surface area contributed by atoms with E-state index in [0.29, 0.717) is 27.7 Å². The summed E-state index contributed by atoms with van der Waals surface area (Å²) >= 11 is 5.20. The lowest BCUT2D eigenvalue weighted by Crippen LogP contribution is -2.00. The van der Waals surface area contributed by atoms with E-state index in [1.54, 1.807) is 14.2 Å². The number of nitrogens with zero attached hydrogens (tertiary/aromatic N) is 2. The van der Waals surface area contributed by atoms with E-state index in [1.165, 1.54) is 0 Å². The quantitative estimate of drug-likeness (QED) is 0.495. The number of aromatic amines is 1. The Hall–Kier alpha value is -3.45. The Morgan fingerprint density at radius 1 is 0.893 bits per heavy atom. The van der Waals surface area contributed by atoms with Crippen LogP contribution in [-0.4, -0.2) is 29.2 Å². The van der Waals surface area contributed by atoms with Crippen molar-refractivity contribution in [2.24, 2.45) is 0 Å². The summed E-state index contributed by atoms with van der Waals surface area (Å²) in [5.74, 6) is 1.72. The van der Waals surface area contributed by atoms with Crippen molar-refractivity contribution in [3.63, 3.8) is 0 Å². The lowest BCUT2D eigenvalue weighted by atomic mass is 9.99. The van der Waals surface area contributed by atoms with E-state index in [4.69, 9.17) is 32.4 Å². The zero-order valence-corrected chi connectivity index (χ0v) is 16.2. The minimum Gasteiger partial charge on any atom is -0.493 e. The number of benzene rings is 2. The molecule has 0 spiro atoms. The molecule has 6 nitrogen and oxygen atoms in total. The summed E-state index contributed by atoms with van der Waals surface area (Å²) in [6, 6.07) is 17.6. The molecule has 0 saturated carbocycles. The van der Waals surface area contributed by atoms with E-state index in [-0.39, 0.29) is 0 Å². The topological polar surface area (TPSA) is 86.0 Å². The predicted molar refractivity (Wildman–Crippen MR) is 113 cm³/mol. The van der Waals surface area contributed by atoms with Gasteiger partial charge in [-0.1, -0.05) is 30.3 Å². The molecular weight excluding hydrogens is 372 g/mol. The molecule has 2 heterocycles. The van der Waals surface area contributed by atoms with Crippen molar-refractivity contribution in [1.29, 1.82) is 0 Å². The molecule has 3 N–H and O–H groups in total. The van der Waals surface area contributed by atoms with Gasteiger partial charge in [0, 0.05) is 5.56 Å². The average molecular weight is 390 g/mol. The van der Waals surface area contributed by atoms with Crippen LogP contribution in [0.25, 0.3) is 33.4 Å².